The van der Waals surface area contributed by atoms with Gasteiger partial charge in [-0.15, -0.1) is 0 Å². The predicted molar refractivity (Wildman–Crippen MR) is 80.6 cm³/mol. The molecule has 0 saturated heterocycles. The van der Waals surface area contributed by atoms with E-state index in [1.165, 1.54) is 6.07 Å². The SMILES string of the molecule is C[C@H](O)c1ccc(N2CCCOc3ccccc32)c(F)c1. The second-order valence-electron chi connectivity index (χ2n) is 5.21. The molecule has 0 fully saturated rings. The third-order valence-corrected chi connectivity index (χ3v) is 3.68. The molecule has 1 N–H and O–H groups in total. The van der Waals surface area contributed by atoms with Gasteiger partial charge in [-0.3, -0.25) is 0 Å². The lowest BCUT2D eigenvalue weighted by Gasteiger charge is -2.24. The van der Waals surface area contributed by atoms with E-state index < -0.39 is 6.10 Å². The van der Waals surface area contributed by atoms with E-state index in [2.05, 4.69) is 0 Å². The van der Waals surface area contributed by atoms with Crippen LogP contribution < -0.4 is 9.64 Å². The highest BCUT2D eigenvalue weighted by atomic mass is 19.1. The minimum Gasteiger partial charge on any atom is -0.491 e. The molecule has 2 aromatic carbocycles. The molecule has 0 saturated carbocycles. The molecule has 0 radical (unpaired) electrons. The minimum atomic E-state index is -0.673. The first-order chi connectivity index (χ1) is 10.2. The van der Waals surface area contributed by atoms with Crippen molar-refractivity contribution in [1.82, 2.24) is 0 Å². The maximum absolute atomic E-state index is 14.4. The first-order valence-corrected chi connectivity index (χ1v) is 7.13. The Morgan fingerprint density at radius 3 is 2.76 bits per heavy atom. The number of rotatable bonds is 2. The van der Waals surface area contributed by atoms with E-state index in [-0.39, 0.29) is 5.82 Å². The molecule has 1 atom stereocenters. The monoisotopic (exact) mass is 287 g/mol. The molecule has 3 rings (SSSR count). The van der Waals surface area contributed by atoms with Gasteiger partial charge in [0.1, 0.15) is 11.6 Å². The molecule has 0 aromatic heterocycles. The molecule has 0 aliphatic carbocycles. The van der Waals surface area contributed by atoms with Crippen LogP contribution in [0.2, 0.25) is 0 Å². The lowest BCUT2D eigenvalue weighted by atomic mass is 10.1. The van der Waals surface area contributed by atoms with E-state index in [0.29, 0.717) is 24.4 Å². The van der Waals surface area contributed by atoms with E-state index in [9.17, 15) is 9.50 Å². The highest BCUT2D eigenvalue weighted by molar-refractivity contribution is 5.70. The molecule has 1 aliphatic heterocycles. The van der Waals surface area contributed by atoms with Gasteiger partial charge in [0.15, 0.2) is 0 Å². The number of benzene rings is 2. The molecule has 2 aromatic rings. The highest BCUT2D eigenvalue weighted by Gasteiger charge is 2.20. The summed E-state index contributed by atoms with van der Waals surface area (Å²) in [4.78, 5) is 1.93. The normalized spacial score (nSPS) is 15.9. The first-order valence-electron chi connectivity index (χ1n) is 7.13. The molecule has 3 nitrogen and oxygen atoms in total. The van der Waals surface area contributed by atoms with E-state index in [1.807, 2.05) is 29.2 Å². The van der Waals surface area contributed by atoms with Crippen LogP contribution in [0.5, 0.6) is 5.75 Å². The number of anilines is 2. The van der Waals surface area contributed by atoms with Crippen molar-refractivity contribution < 1.29 is 14.2 Å². The number of para-hydroxylation sites is 2. The van der Waals surface area contributed by atoms with Gasteiger partial charge in [-0.05, 0) is 43.2 Å². The second-order valence-corrected chi connectivity index (χ2v) is 5.21. The Balaban J connectivity index is 2.04. The molecule has 0 unspecified atom stereocenters. The number of ether oxygens (including phenoxy) is 1. The van der Waals surface area contributed by atoms with Crippen LogP contribution in [0, 0.1) is 5.82 Å². The average molecular weight is 287 g/mol. The summed E-state index contributed by atoms with van der Waals surface area (Å²) in [7, 11) is 0. The number of aliphatic hydroxyl groups is 1. The number of hydrogen-bond donors (Lipinski definition) is 1. The third-order valence-electron chi connectivity index (χ3n) is 3.68. The van der Waals surface area contributed by atoms with Crippen molar-refractivity contribution >= 4 is 11.4 Å². The molecule has 21 heavy (non-hydrogen) atoms. The summed E-state index contributed by atoms with van der Waals surface area (Å²) in [5.41, 5.74) is 1.96. The molecule has 0 amide bonds. The van der Waals surface area contributed by atoms with Gasteiger partial charge >= 0.3 is 0 Å². The highest BCUT2D eigenvalue weighted by Crippen LogP contribution is 2.37. The summed E-state index contributed by atoms with van der Waals surface area (Å²) in [5.74, 6) is 0.444. The summed E-state index contributed by atoms with van der Waals surface area (Å²) in [6, 6.07) is 12.5. The van der Waals surface area contributed by atoms with Gasteiger partial charge in [-0.2, -0.15) is 0 Å². The Morgan fingerprint density at radius 1 is 1.19 bits per heavy atom. The fraction of sp³-hybridized carbons (Fsp3) is 0.294. The molecule has 0 spiro atoms. The van der Waals surface area contributed by atoms with Crippen LogP contribution in [0.15, 0.2) is 42.5 Å². The molecule has 1 aliphatic rings. The molecule has 4 heteroatoms. The van der Waals surface area contributed by atoms with Crippen molar-refractivity contribution in [3.63, 3.8) is 0 Å². The Morgan fingerprint density at radius 2 is 2.00 bits per heavy atom. The molecule has 1 heterocycles. The van der Waals surface area contributed by atoms with Gasteiger partial charge in [0, 0.05) is 6.54 Å². The maximum atomic E-state index is 14.4. The van der Waals surface area contributed by atoms with E-state index in [4.69, 9.17) is 4.74 Å². The summed E-state index contributed by atoms with van der Waals surface area (Å²) in [6.45, 7) is 2.95. The van der Waals surface area contributed by atoms with Crippen molar-refractivity contribution in [3.05, 3.63) is 53.8 Å². The maximum Gasteiger partial charge on any atom is 0.147 e. The lowest BCUT2D eigenvalue weighted by Crippen LogP contribution is -2.19. The zero-order chi connectivity index (χ0) is 14.8. The van der Waals surface area contributed by atoms with Gasteiger partial charge < -0.3 is 14.7 Å². The van der Waals surface area contributed by atoms with Crippen LogP contribution in [0.4, 0.5) is 15.8 Å². The van der Waals surface area contributed by atoms with Crippen molar-refractivity contribution in [2.75, 3.05) is 18.1 Å². The van der Waals surface area contributed by atoms with E-state index in [0.717, 1.165) is 17.9 Å². The van der Waals surface area contributed by atoms with Crippen LogP contribution in [0.1, 0.15) is 25.0 Å². The summed E-state index contributed by atoms with van der Waals surface area (Å²) >= 11 is 0. The second kappa shape index (κ2) is 5.74. The van der Waals surface area contributed by atoms with Crippen LogP contribution >= 0.6 is 0 Å². The van der Waals surface area contributed by atoms with Crippen molar-refractivity contribution in [3.8, 4) is 5.75 Å². The quantitative estimate of drug-likeness (QED) is 0.912. The standard InChI is InChI=1S/C17H18FNO2/c1-12(20)13-7-8-15(14(18)11-13)19-9-4-10-21-17-6-3-2-5-16(17)19/h2-3,5-8,11-12,20H,4,9-10H2,1H3/t12-/m0/s1. The summed E-state index contributed by atoms with van der Waals surface area (Å²) < 4.78 is 20.1. The number of nitrogens with zero attached hydrogens (tertiary/aromatic N) is 1. The number of fused-ring (bicyclic) bond motifs is 1. The number of aliphatic hydroxyl groups excluding tert-OH is 1. The van der Waals surface area contributed by atoms with Crippen LogP contribution in [-0.2, 0) is 0 Å². The molecular formula is C17H18FNO2. The third kappa shape index (κ3) is 2.72. The predicted octanol–water partition coefficient (Wildman–Crippen LogP) is 3.80. The van der Waals surface area contributed by atoms with Gasteiger partial charge in [0.25, 0.3) is 0 Å². The van der Waals surface area contributed by atoms with E-state index >= 15 is 0 Å². The lowest BCUT2D eigenvalue weighted by molar-refractivity contribution is 0.199. The molecule has 110 valence electrons. The summed E-state index contributed by atoms with van der Waals surface area (Å²) in [5, 5.41) is 9.55. The largest absolute Gasteiger partial charge is 0.491 e. The van der Waals surface area contributed by atoms with Crippen molar-refractivity contribution in [2.45, 2.75) is 19.4 Å². The van der Waals surface area contributed by atoms with Gasteiger partial charge in [-0.1, -0.05) is 18.2 Å². The smallest absolute Gasteiger partial charge is 0.147 e. The van der Waals surface area contributed by atoms with Gasteiger partial charge in [0.2, 0.25) is 0 Å². The average Bonchev–Trinajstić information content (AvgIpc) is 2.69. The Labute approximate surface area is 123 Å². The van der Waals surface area contributed by atoms with Crippen molar-refractivity contribution in [1.29, 1.82) is 0 Å². The first kappa shape index (κ1) is 13.9. The Kier molecular flexibility index (Phi) is 3.80. The zero-order valence-electron chi connectivity index (χ0n) is 11.9. The fourth-order valence-electron chi connectivity index (χ4n) is 2.58. The fourth-order valence-corrected chi connectivity index (χ4v) is 2.58. The molecule has 0 bridgehead atoms. The Hall–Kier alpha value is -2.07. The topological polar surface area (TPSA) is 32.7 Å². The van der Waals surface area contributed by atoms with Gasteiger partial charge in [0.05, 0.1) is 24.1 Å². The summed E-state index contributed by atoms with van der Waals surface area (Å²) in [6.07, 6.45) is 0.153. The van der Waals surface area contributed by atoms with E-state index in [1.54, 1.807) is 19.1 Å². The van der Waals surface area contributed by atoms with Gasteiger partial charge in [-0.25, -0.2) is 4.39 Å². The zero-order valence-corrected chi connectivity index (χ0v) is 11.9. The minimum absolute atomic E-state index is 0.329. The number of halogens is 1. The van der Waals surface area contributed by atoms with Crippen LogP contribution in [-0.4, -0.2) is 18.3 Å². The van der Waals surface area contributed by atoms with Crippen LogP contribution in [0.25, 0.3) is 0 Å². The van der Waals surface area contributed by atoms with Crippen LogP contribution in [0.3, 0.4) is 0 Å². The number of hydrogen-bond acceptors (Lipinski definition) is 3. The molecular weight excluding hydrogens is 269 g/mol. The van der Waals surface area contributed by atoms with Crippen molar-refractivity contribution in [2.24, 2.45) is 0 Å². The Bertz CT molecular complexity index is 642.